The van der Waals surface area contributed by atoms with Gasteiger partial charge in [-0.25, -0.2) is 0 Å². The van der Waals surface area contributed by atoms with E-state index in [4.69, 9.17) is 11.6 Å². The van der Waals surface area contributed by atoms with E-state index in [1.807, 2.05) is 12.1 Å². The van der Waals surface area contributed by atoms with Gasteiger partial charge in [-0.05, 0) is 36.8 Å². The number of thiophene rings is 1. The number of nitrogens with one attached hydrogen (secondary N) is 2. The van der Waals surface area contributed by atoms with Crippen molar-refractivity contribution in [1.82, 2.24) is 15.5 Å². The maximum atomic E-state index is 12.7. The summed E-state index contributed by atoms with van der Waals surface area (Å²) in [4.78, 5) is 27.5. The van der Waals surface area contributed by atoms with Crippen LogP contribution in [-0.4, -0.2) is 42.4 Å². The molecule has 0 aliphatic carbocycles. The number of carbonyl (C=O) groups excluding carboxylic acids is 2. The van der Waals surface area contributed by atoms with Gasteiger partial charge in [0.25, 0.3) is 5.91 Å². The molecule has 1 aliphatic heterocycles. The molecule has 1 aromatic heterocycles. The van der Waals surface area contributed by atoms with Crippen molar-refractivity contribution in [3.8, 4) is 0 Å². The van der Waals surface area contributed by atoms with Gasteiger partial charge in [-0.2, -0.15) is 13.2 Å². The van der Waals surface area contributed by atoms with E-state index < -0.39 is 17.6 Å². The molecule has 0 spiro atoms. The highest BCUT2D eigenvalue weighted by Gasteiger charge is 2.31. The molecule has 2 heterocycles. The van der Waals surface area contributed by atoms with Crippen LogP contribution < -0.4 is 10.6 Å². The van der Waals surface area contributed by atoms with E-state index in [1.165, 1.54) is 17.4 Å². The Hall–Kier alpha value is -2.10. The number of likely N-dealkylation sites (tertiary alicyclic amines) is 1. The third kappa shape index (κ3) is 6.19. The number of hydrogen-bond donors (Lipinski definition) is 2. The Morgan fingerprint density at radius 2 is 2.03 bits per heavy atom. The van der Waals surface area contributed by atoms with E-state index in [9.17, 15) is 22.8 Å². The summed E-state index contributed by atoms with van der Waals surface area (Å²) in [5.41, 5.74) is -1.05. The lowest BCUT2D eigenvalue weighted by Gasteiger charge is -2.16. The zero-order valence-electron chi connectivity index (χ0n) is 15.3. The minimum atomic E-state index is -4.53. The Morgan fingerprint density at radius 1 is 1.24 bits per heavy atom. The van der Waals surface area contributed by atoms with Gasteiger partial charge in [-0.3, -0.25) is 14.5 Å². The Labute approximate surface area is 174 Å². The van der Waals surface area contributed by atoms with E-state index in [-0.39, 0.29) is 24.1 Å². The fourth-order valence-electron chi connectivity index (χ4n) is 3.13. The highest BCUT2D eigenvalue weighted by Crippen LogP contribution is 2.29. The number of benzene rings is 1. The van der Waals surface area contributed by atoms with E-state index >= 15 is 0 Å². The zero-order valence-corrected chi connectivity index (χ0v) is 16.8. The molecular weight excluding hydrogens is 427 g/mol. The second-order valence-electron chi connectivity index (χ2n) is 6.76. The van der Waals surface area contributed by atoms with Crippen LogP contribution in [0.1, 0.15) is 27.2 Å². The monoisotopic (exact) mass is 445 g/mol. The smallest absolute Gasteiger partial charge is 0.350 e. The van der Waals surface area contributed by atoms with Crippen molar-refractivity contribution in [2.24, 2.45) is 0 Å². The van der Waals surface area contributed by atoms with Crippen molar-refractivity contribution in [2.75, 3.05) is 19.6 Å². The van der Waals surface area contributed by atoms with Gasteiger partial charge in [0.2, 0.25) is 5.91 Å². The van der Waals surface area contributed by atoms with E-state index in [1.54, 1.807) is 0 Å². The molecule has 0 saturated carbocycles. The molecule has 2 N–H and O–H groups in total. The van der Waals surface area contributed by atoms with Crippen LogP contribution in [0.5, 0.6) is 0 Å². The van der Waals surface area contributed by atoms with E-state index in [0.29, 0.717) is 6.54 Å². The van der Waals surface area contributed by atoms with Crippen LogP contribution in [0.25, 0.3) is 0 Å². The summed E-state index contributed by atoms with van der Waals surface area (Å²) in [7, 11) is 0. The SMILES string of the molecule is O=C(CNC(=O)c1cccc(C(F)(F)F)c1)N[C@@H]1CCN(Cc2ccc(Cl)s2)C1. The highest BCUT2D eigenvalue weighted by molar-refractivity contribution is 7.16. The lowest BCUT2D eigenvalue weighted by atomic mass is 10.1. The zero-order chi connectivity index (χ0) is 21.0. The van der Waals surface area contributed by atoms with E-state index in [0.717, 1.165) is 46.9 Å². The van der Waals surface area contributed by atoms with Crippen LogP contribution in [0, 0.1) is 0 Å². The summed E-state index contributed by atoms with van der Waals surface area (Å²) in [6.07, 6.45) is -3.75. The number of nitrogens with zero attached hydrogens (tertiary/aromatic N) is 1. The molecular formula is C19H19ClF3N3O2S. The van der Waals surface area contributed by atoms with Crippen LogP contribution in [-0.2, 0) is 17.5 Å². The number of rotatable bonds is 6. The highest BCUT2D eigenvalue weighted by atomic mass is 35.5. The van der Waals surface area contributed by atoms with Crippen molar-refractivity contribution >= 4 is 34.8 Å². The Bertz CT molecular complexity index is 888. The molecule has 1 aliphatic rings. The van der Waals surface area contributed by atoms with E-state index in [2.05, 4.69) is 15.5 Å². The largest absolute Gasteiger partial charge is 0.416 e. The first kappa shape index (κ1) is 21.6. The Morgan fingerprint density at radius 3 is 2.72 bits per heavy atom. The summed E-state index contributed by atoms with van der Waals surface area (Å²) in [6.45, 7) is 1.97. The average molecular weight is 446 g/mol. The summed E-state index contributed by atoms with van der Waals surface area (Å²) < 4.78 is 38.9. The van der Waals surface area contributed by atoms with Gasteiger partial charge in [-0.1, -0.05) is 17.7 Å². The Balaban J connectivity index is 1.44. The van der Waals surface area contributed by atoms with Gasteiger partial charge in [0, 0.05) is 36.1 Å². The van der Waals surface area contributed by atoms with Crippen molar-refractivity contribution in [3.63, 3.8) is 0 Å². The van der Waals surface area contributed by atoms with Crippen molar-refractivity contribution in [1.29, 1.82) is 0 Å². The molecule has 5 nitrogen and oxygen atoms in total. The van der Waals surface area contributed by atoms with Crippen LogP contribution in [0.15, 0.2) is 36.4 Å². The second-order valence-corrected chi connectivity index (χ2v) is 8.55. The number of halogens is 4. The topological polar surface area (TPSA) is 61.4 Å². The summed E-state index contributed by atoms with van der Waals surface area (Å²) in [6, 6.07) is 7.87. The average Bonchev–Trinajstić information content (AvgIpc) is 3.28. The molecule has 0 unspecified atom stereocenters. The van der Waals surface area contributed by atoms with Crippen molar-refractivity contribution in [2.45, 2.75) is 25.2 Å². The second kappa shape index (κ2) is 9.15. The predicted octanol–water partition coefficient (Wildman–Crippen LogP) is 3.54. The fraction of sp³-hybridized carbons (Fsp3) is 0.368. The minimum absolute atomic E-state index is 0.0385. The molecule has 29 heavy (non-hydrogen) atoms. The van der Waals surface area contributed by atoms with Gasteiger partial charge >= 0.3 is 6.18 Å². The molecule has 10 heteroatoms. The third-order valence-corrected chi connectivity index (χ3v) is 5.72. The maximum absolute atomic E-state index is 12.7. The first-order valence-electron chi connectivity index (χ1n) is 8.92. The molecule has 1 atom stereocenters. The lowest BCUT2D eigenvalue weighted by Crippen LogP contribution is -2.43. The standard InChI is InChI=1S/C19H19ClF3N3O2S/c20-16-5-4-15(29-16)11-26-7-6-14(10-26)25-17(27)9-24-18(28)12-2-1-3-13(8-12)19(21,22)23/h1-5,8,14H,6-7,9-11H2,(H,24,28)(H,25,27)/t14-/m1/s1. The van der Waals surface area contributed by atoms with Gasteiger partial charge < -0.3 is 10.6 Å². The minimum Gasteiger partial charge on any atom is -0.350 e. The summed E-state index contributed by atoms with van der Waals surface area (Å²) in [5.74, 6) is -1.11. The molecule has 0 radical (unpaired) electrons. The lowest BCUT2D eigenvalue weighted by molar-refractivity contribution is -0.137. The van der Waals surface area contributed by atoms with Crippen LogP contribution in [0.4, 0.5) is 13.2 Å². The van der Waals surface area contributed by atoms with Gasteiger partial charge in [0.1, 0.15) is 0 Å². The van der Waals surface area contributed by atoms with Gasteiger partial charge in [0.05, 0.1) is 16.4 Å². The van der Waals surface area contributed by atoms with Crippen LogP contribution >= 0.6 is 22.9 Å². The van der Waals surface area contributed by atoms with Gasteiger partial charge in [0.15, 0.2) is 0 Å². The third-order valence-electron chi connectivity index (χ3n) is 4.51. The molecule has 2 aromatic rings. The molecule has 1 aromatic carbocycles. The Kier molecular flexibility index (Phi) is 6.81. The summed E-state index contributed by atoms with van der Waals surface area (Å²) >= 11 is 7.45. The number of alkyl halides is 3. The molecule has 156 valence electrons. The first-order valence-corrected chi connectivity index (χ1v) is 10.1. The first-order chi connectivity index (χ1) is 13.7. The quantitative estimate of drug-likeness (QED) is 0.715. The predicted molar refractivity (Wildman–Crippen MR) is 105 cm³/mol. The van der Waals surface area contributed by atoms with Gasteiger partial charge in [-0.15, -0.1) is 11.3 Å². The maximum Gasteiger partial charge on any atom is 0.416 e. The van der Waals surface area contributed by atoms with Crippen LogP contribution in [0.3, 0.4) is 0 Å². The molecule has 2 amide bonds. The molecule has 3 rings (SSSR count). The number of hydrogen-bond acceptors (Lipinski definition) is 4. The summed E-state index contributed by atoms with van der Waals surface area (Å²) in [5, 5.41) is 5.20. The normalized spacial score (nSPS) is 17.3. The molecule has 1 fully saturated rings. The van der Waals surface area contributed by atoms with Crippen molar-refractivity contribution in [3.05, 3.63) is 56.7 Å². The van der Waals surface area contributed by atoms with Crippen LogP contribution in [0.2, 0.25) is 4.34 Å². The molecule has 0 bridgehead atoms. The number of carbonyl (C=O) groups is 2. The number of amides is 2. The molecule has 1 saturated heterocycles. The van der Waals surface area contributed by atoms with Crippen molar-refractivity contribution < 1.29 is 22.8 Å². The fourth-order valence-corrected chi connectivity index (χ4v) is 4.26.